The molecule has 1 aromatic carbocycles. The molecule has 0 spiro atoms. The second-order valence-corrected chi connectivity index (χ2v) is 10.4. The van der Waals surface area contributed by atoms with Gasteiger partial charge >= 0.3 is 0 Å². The second kappa shape index (κ2) is 10.6. The summed E-state index contributed by atoms with van der Waals surface area (Å²) in [5.74, 6) is 2.14. The van der Waals surface area contributed by atoms with Gasteiger partial charge in [-0.25, -0.2) is 15.0 Å². The molecule has 0 saturated heterocycles. The molecule has 196 valence electrons. The highest BCUT2D eigenvalue weighted by atomic mass is 32.1. The Morgan fingerprint density at radius 1 is 1.11 bits per heavy atom. The maximum absolute atomic E-state index is 5.82. The second-order valence-electron chi connectivity index (χ2n) is 9.45. The van der Waals surface area contributed by atoms with E-state index in [1.54, 1.807) is 24.6 Å². The number of hydrogen-bond donors (Lipinski definition) is 1. The van der Waals surface area contributed by atoms with Crippen LogP contribution in [-0.4, -0.2) is 61.8 Å². The zero-order chi connectivity index (χ0) is 26.1. The van der Waals surface area contributed by atoms with E-state index in [9.17, 15) is 0 Å². The van der Waals surface area contributed by atoms with E-state index >= 15 is 0 Å². The topological polar surface area (TPSA) is 91.9 Å². The predicted molar refractivity (Wildman–Crippen MR) is 150 cm³/mol. The van der Waals surface area contributed by atoms with Gasteiger partial charge < -0.3 is 19.4 Å². The Morgan fingerprint density at radius 3 is 2.68 bits per heavy atom. The standard InChI is InChI=1S/C28H31N7O2S/c1-4-37-20-16-19(17-20)30-25-23-22(18-8-6-5-7-9-18)24(21-10-12-34(2)33-21)38-28(23)32-26(31-25)27-29-11-13-35(27)14-15-36-3/h5-13,19-20H,4,14-17H2,1-3H3,(H,30,31,32). The number of methoxy groups -OCH3 is 1. The number of aryl methyl sites for hydroxylation is 1. The fraction of sp³-hybridized carbons (Fsp3) is 0.357. The van der Waals surface area contributed by atoms with Crippen molar-refractivity contribution in [3.05, 3.63) is 55.0 Å². The van der Waals surface area contributed by atoms with E-state index in [0.717, 1.165) is 63.0 Å². The summed E-state index contributed by atoms with van der Waals surface area (Å²) in [6, 6.07) is 12.8. The molecule has 1 aliphatic carbocycles. The average Bonchev–Trinajstić information content (AvgIpc) is 3.64. The molecule has 5 aromatic rings. The SMILES string of the molecule is CCOC1CC(Nc2nc(-c3nccn3CCOC)nc3sc(-c4ccn(C)n4)c(-c4ccccc4)c23)C1. The monoisotopic (exact) mass is 529 g/mol. The van der Waals surface area contributed by atoms with Crippen LogP contribution >= 0.6 is 11.3 Å². The summed E-state index contributed by atoms with van der Waals surface area (Å²) in [5.41, 5.74) is 3.13. The number of ether oxygens (including phenoxy) is 2. The number of imidazole rings is 1. The maximum Gasteiger partial charge on any atom is 0.199 e. The minimum absolute atomic E-state index is 0.285. The number of rotatable bonds is 10. The summed E-state index contributed by atoms with van der Waals surface area (Å²) in [4.78, 5) is 16.7. The van der Waals surface area contributed by atoms with E-state index in [0.29, 0.717) is 25.1 Å². The summed E-state index contributed by atoms with van der Waals surface area (Å²) in [6.07, 6.45) is 7.90. The first kappa shape index (κ1) is 24.7. The molecule has 0 unspecified atom stereocenters. The van der Waals surface area contributed by atoms with Crippen LogP contribution in [0.25, 0.3) is 43.6 Å². The third-order valence-corrected chi connectivity index (χ3v) is 7.96. The zero-order valence-corrected chi connectivity index (χ0v) is 22.6. The van der Waals surface area contributed by atoms with Gasteiger partial charge in [-0.2, -0.15) is 5.10 Å². The molecule has 6 rings (SSSR count). The van der Waals surface area contributed by atoms with Crippen LogP contribution in [0.4, 0.5) is 5.82 Å². The maximum atomic E-state index is 5.82. The first-order valence-electron chi connectivity index (χ1n) is 12.9. The van der Waals surface area contributed by atoms with Crippen molar-refractivity contribution in [3.63, 3.8) is 0 Å². The van der Waals surface area contributed by atoms with E-state index in [4.69, 9.17) is 24.5 Å². The minimum Gasteiger partial charge on any atom is -0.383 e. The summed E-state index contributed by atoms with van der Waals surface area (Å²) < 4.78 is 15.0. The lowest BCUT2D eigenvalue weighted by Crippen LogP contribution is -2.41. The molecule has 4 heterocycles. The molecule has 38 heavy (non-hydrogen) atoms. The van der Waals surface area contributed by atoms with Crippen LogP contribution in [0.5, 0.6) is 0 Å². The summed E-state index contributed by atoms with van der Waals surface area (Å²) in [7, 11) is 3.64. The molecule has 0 radical (unpaired) electrons. The average molecular weight is 530 g/mol. The van der Waals surface area contributed by atoms with Crippen molar-refractivity contribution in [2.45, 2.75) is 38.5 Å². The van der Waals surface area contributed by atoms with Crippen LogP contribution in [0.15, 0.2) is 55.0 Å². The molecule has 0 amide bonds. The van der Waals surface area contributed by atoms with Gasteiger partial charge in [0.05, 0.1) is 23.0 Å². The lowest BCUT2D eigenvalue weighted by molar-refractivity contribution is 0.00295. The third-order valence-electron chi connectivity index (χ3n) is 6.85. The number of anilines is 1. The van der Waals surface area contributed by atoms with Crippen molar-refractivity contribution in [2.24, 2.45) is 7.05 Å². The molecule has 1 aliphatic rings. The van der Waals surface area contributed by atoms with Crippen LogP contribution in [0, 0.1) is 0 Å². The van der Waals surface area contributed by atoms with Gasteiger partial charge in [-0.15, -0.1) is 11.3 Å². The number of fused-ring (bicyclic) bond motifs is 1. The van der Waals surface area contributed by atoms with Crippen LogP contribution in [0.1, 0.15) is 19.8 Å². The Morgan fingerprint density at radius 2 is 1.95 bits per heavy atom. The van der Waals surface area contributed by atoms with Crippen molar-refractivity contribution in [1.82, 2.24) is 29.3 Å². The van der Waals surface area contributed by atoms with Crippen molar-refractivity contribution in [1.29, 1.82) is 0 Å². The van der Waals surface area contributed by atoms with E-state index in [1.165, 1.54) is 0 Å². The van der Waals surface area contributed by atoms with E-state index in [2.05, 4.69) is 40.6 Å². The number of nitrogens with zero attached hydrogens (tertiary/aromatic N) is 6. The van der Waals surface area contributed by atoms with Gasteiger partial charge in [-0.3, -0.25) is 4.68 Å². The Balaban J connectivity index is 1.53. The van der Waals surface area contributed by atoms with Crippen molar-refractivity contribution >= 4 is 27.4 Å². The van der Waals surface area contributed by atoms with Gasteiger partial charge in [-0.1, -0.05) is 30.3 Å². The molecule has 10 heteroatoms. The van der Waals surface area contributed by atoms with E-state index in [-0.39, 0.29) is 6.04 Å². The lowest BCUT2D eigenvalue weighted by atomic mass is 9.89. The molecule has 9 nitrogen and oxygen atoms in total. The Labute approximate surface area is 225 Å². The largest absolute Gasteiger partial charge is 0.383 e. The summed E-state index contributed by atoms with van der Waals surface area (Å²) in [5, 5.41) is 9.50. The molecule has 1 N–H and O–H groups in total. The number of nitrogens with one attached hydrogen (secondary N) is 1. The van der Waals surface area contributed by atoms with Crippen LogP contribution in [0.2, 0.25) is 0 Å². The van der Waals surface area contributed by atoms with Crippen molar-refractivity contribution in [3.8, 4) is 33.3 Å². The molecule has 4 aromatic heterocycles. The van der Waals surface area contributed by atoms with Gasteiger partial charge in [0.1, 0.15) is 16.3 Å². The first-order chi connectivity index (χ1) is 18.6. The molecule has 1 saturated carbocycles. The van der Waals surface area contributed by atoms with Gasteiger partial charge in [0, 0.05) is 57.5 Å². The quantitative estimate of drug-likeness (QED) is 0.264. The lowest BCUT2D eigenvalue weighted by Gasteiger charge is -2.35. The molecular formula is C28H31N7O2S. The number of aromatic nitrogens is 6. The summed E-state index contributed by atoms with van der Waals surface area (Å²) in [6.45, 7) is 4.04. The van der Waals surface area contributed by atoms with Gasteiger partial charge in [0.2, 0.25) is 0 Å². The number of benzene rings is 1. The zero-order valence-electron chi connectivity index (χ0n) is 21.8. The Bertz CT molecular complexity index is 1540. The molecule has 0 aliphatic heterocycles. The van der Waals surface area contributed by atoms with E-state index in [1.807, 2.05) is 41.7 Å². The normalized spacial score (nSPS) is 17.1. The highest BCUT2D eigenvalue weighted by molar-refractivity contribution is 7.22. The Hall–Kier alpha value is -3.60. The fourth-order valence-electron chi connectivity index (χ4n) is 4.94. The van der Waals surface area contributed by atoms with Crippen molar-refractivity contribution < 1.29 is 9.47 Å². The highest BCUT2D eigenvalue weighted by Gasteiger charge is 2.32. The van der Waals surface area contributed by atoms with Crippen LogP contribution in [-0.2, 0) is 23.1 Å². The first-order valence-corrected chi connectivity index (χ1v) is 13.7. The van der Waals surface area contributed by atoms with Crippen LogP contribution < -0.4 is 5.32 Å². The van der Waals surface area contributed by atoms with Gasteiger partial charge in [0.25, 0.3) is 0 Å². The number of hydrogen-bond acceptors (Lipinski definition) is 8. The number of thiophene rings is 1. The third kappa shape index (κ3) is 4.70. The Kier molecular flexibility index (Phi) is 6.92. The van der Waals surface area contributed by atoms with Gasteiger partial charge in [-0.05, 0) is 31.4 Å². The smallest absolute Gasteiger partial charge is 0.199 e. The minimum atomic E-state index is 0.285. The molecule has 0 bridgehead atoms. The van der Waals surface area contributed by atoms with Gasteiger partial charge in [0.15, 0.2) is 11.6 Å². The molecule has 0 atom stereocenters. The molecular weight excluding hydrogens is 498 g/mol. The molecule has 1 fully saturated rings. The van der Waals surface area contributed by atoms with Crippen LogP contribution in [0.3, 0.4) is 0 Å². The summed E-state index contributed by atoms with van der Waals surface area (Å²) >= 11 is 1.64. The highest BCUT2D eigenvalue weighted by Crippen LogP contribution is 2.47. The van der Waals surface area contributed by atoms with Crippen molar-refractivity contribution in [2.75, 3.05) is 25.6 Å². The predicted octanol–water partition coefficient (Wildman–Crippen LogP) is 5.25. The van der Waals surface area contributed by atoms with E-state index < -0.39 is 0 Å². The fourth-order valence-corrected chi connectivity index (χ4v) is 6.10.